The molecular formula is C17H22N2O2. The predicted octanol–water partition coefficient (Wildman–Crippen LogP) is 3.79. The lowest BCUT2D eigenvalue weighted by molar-refractivity contribution is -0.131. The van der Waals surface area contributed by atoms with E-state index >= 15 is 0 Å². The van der Waals surface area contributed by atoms with E-state index in [-0.39, 0.29) is 0 Å². The van der Waals surface area contributed by atoms with E-state index in [1.807, 2.05) is 18.2 Å². The Morgan fingerprint density at radius 1 is 1.29 bits per heavy atom. The first-order valence-corrected chi connectivity index (χ1v) is 7.52. The highest BCUT2D eigenvalue weighted by atomic mass is 16.4. The molecule has 0 fully saturated rings. The van der Waals surface area contributed by atoms with Crippen molar-refractivity contribution in [1.29, 1.82) is 0 Å². The molecule has 0 unspecified atom stereocenters. The van der Waals surface area contributed by atoms with Gasteiger partial charge in [-0.25, -0.2) is 9.78 Å². The van der Waals surface area contributed by atoms with Gasteiger partial charge < -0.3 is 10.4 Å². The molecule has 2 rings (SSSR count). The third-order valence-corrected chi connectivity index (χ3v) is 3.70. The minimum absolute atomic E-state index is 0.830. The van der Waals surface area contributed by atoms with Gasteiger partial charge in [0.1, 0.15) is 5.82 Å². The molecule has 1 aromatic rings. The number of aliphatic carboxylic acids is 1. The van der Waals surface area contributed by atoms with Crippen LogP contribution in [0.1, 0.15) is 38.5 Å². The normalized spacial score (nSPS) is 16.0. The van der Waals surface area contributed by atoms with Crippen LogP contribution in [0.15, 0.2) is 47.7 Å². The summed E-state index contributed by atoms with van der Waals surface area (Å²) in [5, 5.41) is 12.1. The Morgan fingerprint density at radius 3 is 2.90 bits per heavy atom. The Morgan fingerprint density at radius 2 is 2.14 bits per heavy atom. The molecule has 4 heteroatoms. The molecule has 1 aliphatic rings. The standard InChI is InChI=1S/C17H22N2O2/c20-17(21)10-9-14-6-2-1-3-7-15(14)11-13-19-16-8-4-5-12-18-16/h4-5,8-10,12H,1-3,6-7,11,13H2,(H,18,19)(H,20,21)/b10-9+. The number of aromatic nitrogens is 1. The monoisotopic (exact) mass is 286 g/mol. The molecule has 0 spiro atoms. The van der Waals surface area contributed by atoms with E-state index in [1.165, 1.54) is 30.1 Å². The topological polar surface area (TPSA) is 62.2 Å². The number of allylic oxidation sites excluding steroid dienone is 2. The lowest BCUT2D eigenvalue weighted by Gasteiger charge is -2.11. The highest BCUT2D eigenvalue weighted by Crippen LogP contribution is 2.26. The first-order chi connectivity index (χ1) is 10.3. The molecule has 0 atom stereocenters. The number of carbonyl (C=O) groups is 1. The largest absolute Gasteiger partial charge is 0.478 e. The van der Waals surface area contributed by atoms with E-state index < -0.39 is 5.97 Å². The zero-order chi connectivity index (χ0) is 14.9. The molecule has 1 aromatic heterocycles. The second-order valence-electron chi connectivity index (χ2n) is 5.25. The molecular weight excluding hydrogens is 264 g/mol. The summed E-state index contributed by atoms with van der Waals surface area (Å²) in [4.78, 5) is 14.9. The van der Waals surface area contributed by atoms with Crippen molar-refractivity contribution in [3.63, 3.8) is 0 Å². The number of anilines is 1. The number of carboxylic acid groups (broad SMARTS) is 1. The Hall–Kier alpha value is -2.10. The molecule has 0 aliphatic heterocycles. The summed E-state index contributed by atoms with van der Waals surface area (Å²) in [6.45, 7) is 0.830. The highest BCUT2D eigenvalue weighted by molar-refractivity contribution is 5.80. The number of pyridine rings is 1. The number of nitrogens with zero attached hydrogens (tertiary/aromatic N) is 1. The van der Waals surface area contributed by atoms with E-state index in [2.05, 4.69) is 10.3 Å². The van der Waals surface area contributed by atoms with Crippen LogP contribution in [0.2, 0.25) is 0 Å². The lowest BCUT2D eigenvalue weighted by atomic mass is 10.00. The van der Waals surface area contributed by atoms with Crippen molar-refractivity contribution in [2.24, 2.45) is 0 Å². The Bertz CT molecular complexity index is 521. The summed E-state index contributed by atoms with van der Waals surface area (Å²) in [7, 11) is 0. The van der Waals surface area contributed by atoms with Crippen LogP contribution in [0.4, 0.5) is 5.82 Å². The van der Waals surface area contributed by atoms with Crippen LogP contribution in [0.5, 0.6) is 0 Å². The van der Waals surface area contributed by atoms with Gasteiger partial charge >= 0.3 is 5.97 Å². The summed E-state index contributed by atoms with van der Waals surface area (Å²) in [5.74, 6) is 0.00653. The maximum atomic E-state index is 10.7. The van der Waals surface area contributed by atoms with Crippen LogP contribution in [0.3, 0.4) is 0 Å². The second-order valence-corrected chi connectivity index (χ2v) is 5.25. The van der Waals surface area contributed by atoms with E-state index in [0.29, 0.717) is 0 Å². The van der Waals surface area contributed by atoms with Gasteiger partial charge in [0.15, 0.2) is 0 Å². The molecule has 0 saturated carbocycles. The Balaban J connectivity index is 1.96. The Labute approximate surface area is 125 Å². The first-order valence-electron chi connectivity index (χ1n) is 7.52. The van der Waals surface area contributed by atoms with Crippen LogP contribution in [0.25, 0.3) is 0 Å². The van der Waals surface area contributed by atoms with Gasteiger partial charge in [-0.05, 0) is 49.8 Å². The number of nitrogens with one attached hydrogen (secondary N) is 1. The molecule has 21 heavy (non-hydrogen) atoms. The van der Waals surface area contributed by atoms with Gasteiger partial charge in [0, 0.05) is 18.8 Å². The summed E-state index contributed by atoms with van der Waals surface area (Å²) in [6, 6.07) is 5.81. The molecule has 0 bridgehead atoms. The van der Waals surface area contributed by atoms with Crippen LogP contribution in [-0.4, -0.2) is 22.6 Å². The van der Waals surface area contributed by atoms with Crippen molar-refractivity contribution in [3.8, 4) is 0 Å². The average molecular weight is 286 g/mol. The van der Waals surface area contributed by atoms with Crippen molar-refractivity contribution in [1.82, 2.24) is 4.98 Å². The molecule has 112 valence electrons. The smallest absolute Gasteiger partial charge is 0.328 e. The first kappa shape index (κ1) is 15.3. The zero-order valence-corrected chi connectivity index (χ0v) is 12.2. The highest BCUT2D eigenvalue weighted by Gasteiger charge is 2.09. The molecule has 0 radical (unpaired) electrons. The maximum absolute atomic E-state index is 10.7. The van der Waals surface area contributed by atoms with Gasteiger partial charge in [-0.3, -0.25) is 0 Å². The average Bonchev–Trinajstić information content (AvgIpc) is 2.71. The van der Waals surface area contributed by atoms with Crippen LogP contribution >= 0.6 is 0 Å². The molecule has 1 aliphatic carbocycles. The number of hydrogen-bond acceptors (Lipinski definition) is 3. The third-order valence-electron chi connectivity index (χ3n) is 3.70. The fourth-order valence-electron chi connectivity index (χ4n) is 2.64. The summed E-state index contributed by atoms with van der Waals surface area (Å²) in [5.41, 5.74) is 2.59. The van der Waals surface area contributed by atoms with E-state index in [4.69, 9.17) is 5.11 Å². The third kappa shape index (κ3) is 5.42. The minimum Gasteiger partial charge on any atom is -0.478 e. The van der Waals surface area contributed by atoms with Gasteiger partial charge in [0.25, 0.3) is 0 Å². The maximum Gasteiger partial charge on any atom is 0.328 e. The zero-order valence-electron chi connectivity index (χ0n) is 12.2. The summed E-state index contributed by atoms with van der Waals surface area (Å²) in [6.07, 6.45) is 11.4. The summed E-state index contributed by atoms with van der Waals surface area (Å²) < 4.78 is 0. The molecule has 2 N–H and O–H groups in total. The van der Waals surface area contributed by atoms with Crippen molar-refractivity contribution >= 4 is 11.8 Å². The number of rotatable bonds is 6. The second kappa shape index (κ2) is 8.25. The molecule has 0 aromatic carbocycles. The van der Waals surface area contributed by atoms with Crippen molar-refractivity contribution < 1.29 is 9.90 Å². The lowest BCUT2D eigenvalue weighted by Crippen LogP contribution is -2.05. The summed E-state index contributed by atoms with van der Waals surface area (Å²) >= 11 is 0. The van der Waals surface area contributed by atoms with Gasteiger partial charge in [-0.1, -0.05) is 24.1 Å². The van der Waals surface area contributed by atoms with Crippen molar-refractivity contribution in [3.05, 3.63) is 47.7 Å². The van der Waals surface area contributed by atoms with Crippen LogP contribution in [0, 0.1) is 0 Å². The van der Waals surface area contributed by atoms with Crippen LogP contribution in [-0.2, 0) is 4.79 Å². The SMILES string of the molecule is O=C(O)/C=C/C1=C(CCNc2ccccn2)CCCCC1. The fourth-order valence-corrected chi connectivity index (χ4v) is 2.64. The molecule has 1 heterocycles. The number of carboxylic acids is 1. The van der Waals surface area contributed by atoms with Gasteiger partial charge in [-0.2, -0.15) is 0 Å². The van der Waals surface area contributed by atoms with E-state index in [9.17, 15) is 4.79 Å². The predicted molar refractivity (Wildman–Crippen MR) is 84.2 cm³/mol. The molecule has 4 nitrogen and oxygen atoms in total. The Kier molecular flexibility index (Phi) is 6.00. The number of hydrogen-bond donors (Lipinski definition) is 2. The van der Waals surface area contributed by atoms with Gasteiger partial charge in [-0.15, -0.1) is 0 Å². The van der Waals surface area contributed by atoms with Crippen molar-refractivity contribution in [2.45, 2.75) is 38.5 Å². The minimum atomic E-state index is -0.877. The van der Waals surface area contributed by atoms with E-state index in [0.717, 1.165) is 38.0 Å². The van der Waals surface area contributed by atoms with Crippen molar-refractivity contribution in [2.75, 3.05) is 11.9 Å². The van der Waals surface area contributed by atoms with Crippen LogP contribution < -0.4 is 5.32 Å². The fraction of sp³-hybridized carbons (Fsp3) is 0.412. The van der Waals surface area contributed by atoms with E-state index in [1.54, 1.807) is 12.3 Å². The van der Waals surface area contributed by atoms with Gasteiger partial charge in [0.05, 0.1) is 0 Å². The molecule has 0 saturated heterocycles. The quantitative estimate of drug-likeness (QED) is 0.781. The van der Waals surface area contributed by atoms with Gasteiger partial charge in [0.2, 0.25) is 0 Å². The molecule has 0 amide bonds.